The largest absolute Gasteiger partial charge is 0.455 e. The van der Waals surface area contributed by atoms with Crippen LogP contribution in [0.2, 0.25) is 0 Å². The monoisotopic (exact) mass is 1440 g/mol. The molecule has 0 aliphatic carbocycles. The molecule has 0 atom stereocenters. The van der Waals surface area contributed by atoms with E-state index in [2.05, 4.69) is 210 Å². The zero-order valence-corrected chi connectivity index (χ0v) is 62.9. The van der Waals surface area contributed by atoms with E-state index in [0.29, 0.717) is 35.3 Å². The Hall–Kier alpha value is -13.4. The first-order chi connectivity index (χ1) is 53.7. The van der Waals surface area contributed by atoms with Crippen molar-refractivity contribution in [1.29, 1.82) is 0 Å². The van der Waals surface area contributed by atoms with Gasteiger partial charge in [-0.1, -0.05) is 154 Å². The van der Waals surface area contributed by atoms with Crippen molar-refractivity contribution in [3.63, 3.8) is 0 Å². The standard InChI is InChI=1S/5C19H16N2O/c1-12(2)13-8-9-17(21-11-13)16-6-3-5-14-15-7-4-10-20-19(15)22-18(14)16;1-12(2)13-8-9-16(21-11-13)14-5-3-6-15-18-17(22-19(14)15)7-4-10-20-18;1-12(2)13-6-7-17(21-10-13)16-5-3-4-15-14-8-9-20-11-18(14)22-19(15)16;1-12(2)13-6-7-17(21-10-13)15-5-3-4-14-16-11-20-9-8-18(16)22-19(14)15;1-12(2)13-7-8-16(21-11-13)14-9-10-20-18-15-5-3-4-6-17(15)22-19(14)18/h5*3-12H,1-2H3. The highest BCUT2D eigenvalue weighted by molar-refractivity contribution is 6.12. The average molecular weight is 1440 g/mol. The van der Waals surface area contributed by atoms with Crippen molar-refractivity contribution in [2.45, 2.75) is 98.8 Å². The molecule has 0 saturated heterocycles. The first kappa shape index (κ1) is 70.9. The number of nitrogens with zero attached hydrogens (tertiary/aromatic N) is 10. The second kappa shape index (κ2) is 30.8. The molecular formula is C95H80N10O5. The van der Waals surface area contributed by atoms with Crippen LogP contribution in [0.15, 0.2) is 297 Å². The Kier molecular flexibility index (Phi) is 19.9. The number of hydrogen-bond donors (Lipinski definition) is 0. The number of para-hydroxylation sites is 5. The Morgan fingerprint density at radius 3 is 1.10 bits per heavy atom. The Balaban J connectivity index is 0.000000104. The van der Waals surface area contributed by atoms with Crippen LogP contribution < -0.4 is 0 Å². The minimum absolute atomic E-state index is 0.477. The fourth-order valence-corrected chi connectivity index (χ4v) is 13.7. The molecule has 5 aromatic carbocycles. The minimum Gasteiger partial charge on any atom is -0.455 e. The molecule has 540 valence electrons. The van der Waals surface area contributed by atoms with Gasteiger partial charge >= 0.3 is 0 Å². The molecule has 0 fully saturated rings. The molecule has 20 aromatic rings. The third-order valence-electron chi connectivity index (χ3n) is 20.0. The summed E-state index contributed by atoms with van der Waals surface area (Å²) in [4.78, 5) is 44.6. The van der Waals surface area contributed by atoms with Crippen molar-refractivity contribution in [2.75, 3.05) is 0 Å². The summed E-state index contributed by atoms with van der Waals surface area (Å²) in [7, 11) is 0. The van der Waals surface area contributed by atoms with Crippen molar-refractivity contribution >= 4 is 110 Å². The van der Waals surface area contributed by atoms with Gasteiger partial charge in [0.05, 0.1) is 34.7 Å². The Bertz CT molecular complexity index is 5700. The number of aromatic nitrogens is 10. The van der Waals surface area contributed by atoms with Gasteiger partial charge in [0, 0.05) is 139 Å². The van der Waals surface area contributed by atoms with Crippen molar-refractivity contribution in [2.24, 2.45) is 0 Å². The zero-order chi connectivity index (χ0) is 75.5. The Morgan fingerprint density at radius 1 is 0.209 bits per heavy atom. The minimum atomic E-state index is 0.477. The fourth-order valence-electron chi connectivity index (χ4n) is 13.7. The molecule has 0 unspecified atom stereocenters. The van der Waals surface area contributed by atoms with Crippen molar-refractivity contribution in [1.82, 2.24) is 49.8 Å². The number of rotatable bonds is 10. The van der Waals surface area contributed by atoms with Crippen LogP contribution in [0.4, 0.5) is 0 Å². The quantitative estimate of drug-likeness (QED) is 0.125. The van der Waals surface area contributed by atoms with Crippen LogP contribution in [-0.2, 0) is 0 Å². The van der Waals surface area contributed by atoms with E-state index >= 15 is 0 Å². The van der Waals surface area contributed by atoms with Crippen LogP contribution >= 0.6 is 0 Å². The molecule has 0 N–H and O–H groups in total. The molecule has 0 bridgehead atoms. The van der Waals surface area contributed by atoms with Crippen molar-refractivity contribution in [3.05, 3.63) is 302 Å². The van der Waals surface area contributed by atoms with Crippen molar-refractivity contribution < 1.29 is 22.1 Å². The topological polar surface area (TPSA) is 195 Å². The van der Waals surface area contributed by atoms with Gasteiger partial charge < -0.3 is 22.1 Å². The van der Waals surface area contributed by atoms with E-state index in [9.17, 15) is 0 Å². The summed E-state index contributed by atoms with van der Waals surface area (Å²) in [5.41, 5.74) is 25.9. The summed E-state index contributed by atoms with van der Waals surface area (Å²) < 4.78 is 30.0. The van der Waals surface area contributed by atoms with Crippen molar-refractivity contribution in [3.8, 4) is 56.3 Å². The molecule has 0 spiro atoms. The van der Waals surface area contributed by atoms with E-state index in [1.807, 2.05) is 153 Å². The average Bonchev–Trinajstić information content (AvgIpc) is 1.64. The van der Waals surface area contributed by atoms with Crippen LogP contribution in [0.5, 0.6) is 0 Å². The predicted octanol–water partition coefficient (Wildman–Crippen LogP) is 25.8. The highest BCUT2D eigenvalue weighted by atomic mass is 16.3. The Morgan fingerprint density at radius 2 is 0.582 bits per heavy atom. The maximum Gasteiger partial charge on any atom is 0.227 e. The summed E-state index contributed by atoms with van der Waals surface area (Å²) in [5, 5.41) is 8.50. The van der Waals surface area contributed by atoms with Gasteiger partial charge in [-0.05, 0) is 173 Å². The molecule has 0 radical (unpaired) electrons. The molecule has 15 heteroatoms. The van der Waals surface area contributed by atoms with Gasteiger partial charge in [-0.2, -0.15) is 0 Å². The first-order valence-corrected chi connectivity index (χ1v) is 37.3. The summed E-state index contributed by atoms with van der Waals surface area (Å²) in [6.45, 7) is 21.7. The smallest absolute Gasteiger partial charge is 0.227 e. The lowest BCUT2D eigenvalue weighted by Crippen LogP contribution is -1.91. The normalized spacial score (nSPS) is 11.6. The molecule has 0 aliphatic rings. The summed E-state index contributed by atoms with van der Waals surface area (Å²) in [5.74, 6) is 2.40. The van der Waals surface area contributed by atoms with E-state index in [4.69, 9.17) is 22.1 Å². The zero-order valence-electron chi connectivity index (χ0n) is 62.9. The third-order valence-corrected chi connectivity index (χ3v) is 20.0. The first-order valence-electron chi connectivity index (χ1n) is 37.3. The lowest BCUT2D eigenvalue weighted by Gasteiger charge is -2.06. The summed E-state index contributed by atoms with van der Waals surface area (Å²) in [6, 6.07) is 67.2. The molecule has 15 heterocycles. The van der Waals surface area contributed by atoms with E-state index < -0.39 is 0 Å². The van der Waals surface area contributed by atoms with Crippen LogP contribution in [0.1, 0.15) is 127 Å². The highest BCUT2D eigenvalue weighted by Crippen LogP contribution is 2.41. The van der Waals surface area contributed by atoms with Gasteiger partial charge in [0.15, 0.2) is 16.7 Å². The maximum absolute atomic E-state index is 6.04. The fraction of sp³-hybridized carbons (Fsp3) is 0.158. The molecule has 15 nitrogen and oxygen atoms in total. The van der Waals surface area contributed by atoms with E-state index in [-0.39, 0.29) is 0 Å². The van der Waals surface area contributed by atoms with Gasteiger partial charge in [-0.25, -0.2) is 4.98 Å². The molecule has 110 heavy (non-hydrogen) atoms. The van der Waals surface area contributed by atoms with Gasteiger partial charge in [0.1, 0.15) is 44.5 Å². The lowest BCUT2D eigenvalue weighted by atomic mass is 10.0. The third kappa shape index (κ3) is 14.2. The SMILES string of the molecule is CC(C)c1ccc(-c2cccc3c2oc2cccnc23)nc1.CC(C)c1ccc(-c2cccc3c2oc2ccncc23)nc1.CC(C)c1ccc(-c2cccc3c2oc2cnccc23)nc1.CC(C)c1ccc(-c2cccc3c2oc2ncccc23)nc1.CC(C)c1ccc(-c2ccnc3c2oc2ccccc23)nc1. The summed E-state index contributed by atoms with van der Waals surface area (Å²) in [6.07, 6.45) is 22.2. The molecular weight excluding hydrogens is 1360 g/mol. The molecule has 0 aliphatic heterocycles. The van der Waals surface area contributed by atoms with Gasteiger partial charge in [0.25, 0.3) is 0 Å². The van der Waals surface area contributed by atoms with Gasteiger partial charge in [-0.15, -0.1) is 0 Å². The number of hydrogen-bond acceptors (Lipinski definition) is 15. The molecule has 20 rings (SSSR count). The number of furan rings is 5. The van der Waals surface area contributed by atoms with Gasteiger partial charge in [0.2, 0.25) is 5.71 Å². The van der Waals surface area contributed by atoms with Crippen LogP contribution in [0, 0.1) is 0 Å². The van der Waals surface area contributed by atoms with E-state index in [1.54, 1.807) is 31.0 Å². The second-order valence-corrected chi connectivity index (χ2v) is 28.9. The Labute approximate surface area is 635 Å². The van der Waals surface area contributed by atoms with E-state index in [0.717, 1.165) is 161 Å². The summed E-state index contributed by atoms with van der Waals surface area (Å²) >= 11 is 0. The molecule has 0 saturated carbocycles. The lowest BCUT2D eigenvalue weighted by molar-refractivity contribution is 0.655. The van der Waals surface area contributed by atoms with Crippen LogP contribution in [0.25, 0.3) is 166 Å². The second-order valence-electron chi connectivity index (χ2n) is 28.9. The van der Waals surface area contributed by atoms with Gasteiger partial charge in [-0.3, -0.25) is 44.9 Å². The van der Waals surface area contributed by atoms with Crippen LogP contribution in [-0.4, -0.2) is 49.8 Å². The molecule has 0 amide bonds. The number of pyridine rings is 10. The van der Waals surface area contributed by atoms with Crippen LogP contribution in [0.3, 0.4) is 0 Å². The molecule has 15 aromatic heterocycles. The number of fused-ring (bicyclic) bond motifs is 15. The highest BCUT2D eigenvalue weighted by Gasteiger charge is 2.20. The number of benzene rings is 5. The van der Waals surface area contributed by atoms with E-state index in [1.165, 1.54) is 27.8 Å². The maximum atomic E-state index is 6.04. The predicted molar refractivity (Wildman–Crippen MR) is 444 cm³/mol.